The van der Waals surface area contributed by atoms with E-state index in [1.54, 1.807) is 24.3 Å². The van der Waals surface area contributed by atoms with Crippen LogP contribution in [0.5, 0.6) is 0 Å². The minimum absolute atomic E-state index is 0.559. The summed E-state index contributed by atoms with van der Waals surface area (Å²) in [7, 11) is 0. The van der Waals surface area contributed by atoms with Crippen molar-refractivity contribution in [3.8, 4) is 12.1 Å². The van der Waals surface area contributed by atoms with Crippen molar-refractivity contribution in [2.75, 3.05) is 5.32 Å². The van der Waals surface area contributed by atoms with Crippen molar-refractivity contribution in [3.05, 3.63) is 56.5 Å². The standard InChI is InChI=1S/C14H7Br2N3/c15-11-3-1-10(8-18)14(5-11)19-12-4-2-9(7-17)13(16)6-12/h1-6,19H. The van der Waals surface area contributed by atoms with Crippen LogP contribution >= 0.6 is 31.9 Å². The van der Waals surface area contributed by atoms with Gasteiger partial charge < -0.3 is 5.32 Å². The van der Waals surface area contributed by atoms with Crippen molar-refractivity contribution in [2.24, 2.45) is 0 Å². The van der Waals surface area contributed by atoms with Crippen LogP contribution in [0.15, 0.2) is 45.3 Å². The molecule has 0 aliphatic heterocycles. The number of hydrogen-bond acceptors (Lipinski definition) is 3. The maximum atomic E-state index is 9.07. The minimum atomic E-state index is 0.559. The van der Waals surface area contributed by atoms with Gasteiger partial charge in [0.2, 0.25) is 0 Å². The van der Waals surface area contributed by atoms with E-state index in [9.17, 15) is 0 Å². The molecule has 0 spiro atoms. The van der Waals surface area contributed by atoms with E-state index >= 15 is 0 Å². The van der Waals surface area contributed by atoms with Gasteiger partial charge in [0.25, 0.3) is 0 Å². The third kappa shape index (κ3) is 3.14. The van der Waals surface area contributed by atoms with E-state index in [1.807, 2.05) is 12.1 Å². The molecule has 2 rings (SSSR count). The maximum Gasteiger partial charge on any atom is 0.101 e. The summed E-state index contributed by atoms with van der Waals surface area (Å²) in [6.45, 7) is 0. The number of rotatable bonds is 2. The van der Waals surface area contributed by atoms with Crippen LogP contribution in [0.2, 0.25) is 0 Å². The Balaban J connectivity index is 2.37. The number of halogens is 2. The smallest absolute Gasteiger partial charge is 0.101 e. The molecule has 92 valence electrons. The molecule has 2 aromatic rings. The van der Waals surface area contributed by atoms with Crippen LogP contribution in [0.4, 0.5) is 11.4 Å². The number of nitrogens with zero attached hydrogens (tertiary/aromatic N) is 2. The molecule has 0 unspecified atom stereocenters. The number of hydrogen-bond donors (Lipinski definition) is 1. The van der Waals surface area contributed by atoms with E-state index in [1.165, 1.54) is 0 Å². The molecule has 0 saturated carbocycles. The number of nitrogens with one attached hydrogen (secondary N) is 1. The maximum absolute atomic E-state index is 9.07. The molecule has 5 heteroatoms. The van der Waals surface area contributed by atoms with Crippen LogP contribution < -0.4 is 5.32 Å². The second-order valence-corrected chi connectivity index (χ2v) is 5.50. The average Bonchev–Trinajstić information content (AvgIpc) is 2.39. The fourth-order valence-corrected chi connectivity index (χ4v) is 2.38. The minimum Gasteiger partial charge on any atom is -0.354 e. The highest BCUT2D eigenvalue weighted by Gasteiger charge is 2.05. The van der Waals surface area contributed by atoms with Gasteiger partial charge in [0.1, 0.15) is 12.1 Å². The fraction of sp³-hybridized carbons (Fsp3) is 0. The first-order chi connectivity index (χ1) is 9.13. The Morgan fingerprint density at radius 1 is 0.895 bits per heavy atom. The summed E-state index contributed by atoms with van der Waals surface area (Å²) in [4.78, 5) is 0. The molecule has 0 bridgehead atoms. The molecule has 0 atom stereocenters. The molecule has 0 radical (unpaired) electrons. The zero-order chi connectivity index (χ0) is 13.8. The lowest BCUT2D eigenvalue weighted by atomic mass is 10.1. The quantitative estimate of drug-likeness (QED) is 0.826. The van der Waals surface area contributed by atoms with Gasteiger partial charge in [-0.3, -0.25) is 0 Å². The Kier molecular flexibility index (Phi) is 4.21. The summed E-state index contributed by atoms with van der Waals surface area (Å²) >= 11 is 6.71. The molecule has 3 nitrogen and oxygen atoms in total. The third-order valence-electron chi connectivity index (χ3n) is 2.47. The summed E-state index contributed by atoms with van der Waals surface area (Å²) in [6.07, 6.45) is 0. The normalized spacial score (nSPS) is 9.47. The molecule has 0 aliphatic carbocycles. The van der Waals surface area contributed by atoms with Gasteiger partial charge in [-0.15, -0.1) is 0 Å². The van der Waals surface area contributed by atoms with E-state index in [0.29, 0.717) is 21.3 Å². The van der Waals surface area contributed by atoms with Crippen LogP contribution in [0.3, 0.4) is 0 Å². The van der Waals surface area contributed by atoms with Gasteiger partial charge in [0, 0.05) is 14.6 Å². The lowest BCUT2D eigenvalue weighted by Crippen LogP contribution is -1.94. The Labute approximate surface area is 127 Å². The molecule has 2 aromatic carbocycles. The lowest BCUT2D eigenvalue weighted by Gasteiger charge is -2.09. The summed E-state index contributed by atoms with van der Waals surface area (Å²) < 4.78 is 1.61. The molecule has 1 N–H and O–H groups in total. The fourth-order valence-electron chi connectivity index (χ4n) is 1.56. The van der Waals surface area contributed by atoms with Gasteiger partial charge in [0.15, 0.2) is 0 Å². The Morgan fingerprint density at radius 3 is 2.21 bits per heavy atom. The van der Waals surface area contributed by atoms with Crippen LogP contribution in [-0.2, 0) is 0 Å². The molecule has 19 heavy (non-hydrogen) atoms. The van der Waals surface area contributed by atoms with E-state index in [0.717, 1.165) is 10.2 Å². The van der Waals surface area contributed by atoms with Crippen molar-refractivity contribution in [1.29, 1.82) is 10.5 Å². The van der Waals surface area contributed by atoms with Gasteiger partial charge in [-0.05, 0) is 52.3 Å². The predicted octanol–water partition coefficient (Wildman–Crippen LogP) is 4.70. The van der Waals surface area contributed by atoms with Gasteiger partial charge in [0.05, 0.1) is 16.8 Å². The number of benzene rings is 2. The van der Waals surface area contributed by atoms with E-state index in [-0.39, 0.29) is 0 Å². The number of nitriles is 2. The topological polar surface area (TPSA) is 59.6 Å². The zero-order valence-corrected chi connectivity index (χ0v) is 12.8. The van der Waals surface area contributed by atoms with Crippen LogP contribution in [0, 0.1) is 22.7 Å². The van der Waals surface area contributed by atoms with Crippen molar-refractivity contribution in [2.45, 2.75) is 0 Å². The monoisotopic (exact) mass is 375 g/mol. The first-order valence-corrected chi connectivity index (χ1v) is 6.89. The zero-order valence-electron chi connectivity index (χ0n) is 9.61. The highest BCUT2D eigenvalue weighted by atomic mass is 79.9. The molecule has 0 aliphatic rings. The summed E-state index contributed by atoms with van der Waals surface area (Å²) in [5.74, 6) is 0. The van der Waals surface area contributed by atoms with Crippen molar-refractivity contribution in [1.82, 2.24) is 0 Å². The molecular formula is C14H7Br2N3. The van der Waals surface area contributed by atoms with Crippen molar-refractivity contribution in [3.63, 3.8) is 0 Å². The van der Waals surface area contributed by atoms with E-state index < -0.39 is 0 Å². The van der Waals surface area contributed by atoms with Crippen LogP contribution in [0.1, 0.15) is 11.1 Å². The second-order valence-electron chi connectivity index (χ2n) is 3.73. The SMILES string of the molecule is N#Cc1ccc(Nc2cc(Br)ccc2C#N)cc1Br. The first kappa shape index (κ1) is 13.6. The molecule has 0 heterocycles. The average molecular weight is 377 g/mol. The molecule has 0 saturated heterocycles. The highest BCUT2D eigenvalue weighted by Crippen LogP contribution is 2.27. The van der Waals surface area contributed by atoms with Crippen LogP contribution in [0.25, 0.3) is 0 Å². The summed E-state index contributed by atoms with van der Waals surface area (Å²) in [5.41, 5.74) is 2.65. The number of anilines is 2. The van der Waals surface area contributed by atoms with E-state index in [2.05, 4.69) is 49.3 Å². The summed E-state index contributed by atoms with van der Waals surface area (Å²) in [5, 5.41) is 21.1. The Hall–Kier alpha value is -1.82. The predicted molar refractivity (Wildman–Crippen MR) is 81.0 cm³/mol. The van der Waals surface area contributed by atoms with E-state index in [4.69, 9.17) is 10.5 Å². The van der Waals surface area contributed by atoms with Crippen molar-refractivity contribution >= 4 is 43.2 Å². The molecule has 0 amide bonds. The molecular weight excluding hydrogens is 370 g/mol. The Bertz CT molecular complexity index is 712. The van der Waals surface area contributed by atoms with Gasteiger partial charge >= 0.3 is 0 Å². The van der Waals surface area contributed by atoms with Crippen molar-refractivity contribution < 1.29 is 0 Å². The van der Waals surface area contributed by atoms with Gasteiger partial charge in [-0.25, -0.2) is 0 Å². The second kappa shape index (κ2) is 5.88. The van der Waals surface area contributed by atoms with Crippen LogP contribution in [-0.4, -0.2) is 0 Å². The molecule has 0 aromatic heterocycles. The highest BCUT2D eigenvalue weighted by molar-refractivity contribution is 9.10. The summed E-state index contributed by atoms with van der Waals surface area (Å²) in [6, 6.07) is 14.9. The first-order valence-electron chi connectivity index (χ1n) is 5.30. The third-order valence-corrected chi connectivity index (χ3v) is 3.62. The Morgan fingerprint density at radius 2 is 1.58 bits per heavy atom. The van der Waals surface area contributed by atoms with Gasteiger partial charge in [-0.1, -0.05) is 15.9 Å². The molecule has 0 fully saturated rings. The lowest BCUT2D eigenvalue weighted by molar-refractivity contribution is 1.43. The largest absolute Gasteiger partial charge is 0.354 e. The van der Waals surface area contributed by atoms with Gasteiger partial charge in [-0.2, -0.15) is 10.5 Å².